The van der Waals surface area contributed by atoms with Crippen LogP contribution in [0.25, 0.3) is 0 Å². The Morgan fingerprint density at radius 1 is 1.12 bits per heavy atom. The summed E-state index contributed by atoms with van der Waals surface area (Å²) in [5.41, 5.74) is 6.75. The Balaban J connectivity index is 1.96. The number of aryl methyl sites for hydroxylation is 1. The number of aromatic nitrogens is 1. The molecule has 0 aliphatic rings. The Morgan fingerprint density at radius 3 is 2.75 bits per heavy atom. The van der Waals surface area contributed by atoms with Crippen LogP contribution in [0.1, 0.15) is 37.7 Å². The van der Waals surface area contributed by atoms with Crippen LogP contribution < -0.4 is 5.73 Å². The predicted molar refractivity (Wildman–Crippen MR) is 69.2 cm³/mol. The van der Waals surface area contributed by atoms with Crippen molar-refractivity contribution in [2.24, 2.45) is 5.73 Å². The molecule has 0 saturated carbocycles. The quantitative estimate of drug-likeness (QED) is 0.538. The molecule has 0 aliphatic heterocycles. The number of nitrogens with zero attached hydrogens (tertiary/aromatic N) is 1. The topological polar surface area (TPSA) is 38.9 Å². The van der Waals surface area contributed by atoms with Gasteiger partial charge in [-0.05, 0) is 50.3 Å². The Bertz CT molecular complexity index is 280. The second kappa shape index (κ2) is 9.10. The van der Waals surface area contributed by atoms with Crippen molar-refractivity contribution in [2.75, 3.05) is 6.54 Å². The van der Waals surface area contributed by atoms with Gasteiger partial charge < -0.3 is 5.73 Å². The van der Waals surface area contributed by atoms with Crippen LogP contribution in [0.4, 0.5) is 0 Å². The summed E-state index contributed by atoms with van der Waals surface area (Å²) in [6, 6.07) is 4.15. The van der Waals surface area contributed by atoms with E-state index in [0.717, 1.165) is 19.4 Å². The van der Waals surface area contributed by atoms with Crippen LogP contribution in [-0.4, -0.2) is 11.5 Å². The second-order valence-electron chi connectivity index (χ2n) is 4.01. The monoisotopic (exact) mass is 218 g/mol. The Morgan fingerprint density at radius 2 is 2.00 bits per heavy atom. The van der Waals surface area contributed by atoms with Gasteiger partial charge in [0.2, 0.25) is 0 Å². The van der Waals surface area contributed by atoms with Crippen LogP contribution in [0.2, 0.25) is 0 Å². The number of pyridine rings is 1. The van der Waals surface area contributed by atoms with E-state index < -0.39 is 0 Å². The maximum Gasteiger partial charge on any atom is 0.0299 e. The molecule has 1 aromatic rings. The molecule has 2 N–H and O–H groups in total. The molecule has 0 bridgehead atoms. The van der Waals surface area contributed by atoms with Gasteiger partial charge in [0.05, 0.1) is 0 Å². The van der Waals surface area contributed by atoms with Crippen molar-refractivity contribution in [1.82, 2.24) is 4.98 Å². The molecule has 1 aromatic heterocycles. The molecule has 2 heteroatoms. The molecule has 0 radical (unpaired) electrons. The van der Waals surface area contributed by atoms with Gasteiger partial charge in [0.1, 0.15) is 0 Å². The Labute approximate surface area is 98.6 Å². The molecule has 0 unspecified atom stereocenters. The summed E-state index contributed by atoms with van der Waals surface area (Å²) >= 11 is 0. The minimum Gasteiger partial charge on any atom is -0.330 e. The van der Waals surface area contributed by atoms with E-state index in [1.807, 2.05) is 18.5 Å². The summed E-state index contributed by atoms with van der Waals surface area (Å²) in [5.74, 6) is 0. The molecule has 1 rings (SSSR count). The minimum absolute atomic E-state index is 0.761. The van der Waals surface area contributed by atoms with Gasteiger partial charge in [0.25, 0.3) is 0 Å². The van der Waals surface area contributed by atoms with E-state index in [1.54, 1.807) is 0 Å². The predicted octanol–water partition coefficient (Wildman–Crippen LogP) is 3.09. The summed E-state index contributed by atoms with van der Waals surface area (Å²) in [6.07, 6.45) is 15.4. The number of nitrogens with two attached hydrogens (primary N) is 1. The lowest BCUT2D eigenvalue weighted by Gasteiger charge is -1.99. The Kier molecular flexibility index (Phi) is 7.35. The first-order chi connectivity index (χ1) is 7.93. The standard InChI is InChI=1S/C14H22N2/c15-11-7-5-3-1-2-4-6-9-14-10-8-12-16-13-14/h3,5,8,10,12-13H,1-2,4,6-7,9,11,15H2. The first-order valence-electron chi connectivity index (χ1n) is 6.17. The highest BCUT2D eigenvalue weighted by Gasteiger charge is 1.92. The maximum absolute atomic E-state index is 5.40. The highest BCUT2D eigenvalue weighted by molar-refractivity contribution is 5.08. The fourth-order valence-electron chi connectivity index (χ4n) is 1.65. The van der Waals surface area contributed by atoms with E-state index in [2.05, 4.69) is 23.2 Å². The van der Waals surface area contributed by atoms with Gasteiger partial charge in [-0.1, -0.05) is 24.6 Å². The summed E-state index contributed by atoms with van der Waals surface area (Å²) < 4.78 is 0. The molecular weight excluding hydrogens is 196 g/mol. The van der Waals surface area contributed by atoms with Gasteiger partial charge in [-0.15, -0.1) is 0 Å². The molecule has 0 aromatic carbocycles. The molecule has 0 aliphatic carbocycles. The normalized spacial score (nSPS) is 11.1. The molecule has 16 heavy (non-hydrogen) atoms. The zero-order valence-corrected chi connectivity index (χ0v) is 9.94. The summed E-state index contributed by atoms with van der Waals surface area (Å²) in [7, 11) is 0. The molecule has 88 valence electrons. The van der Waals surface area contributed by atoms with E-state index in [-0.39, 0.29) is 0 Å². The van der Waals surface area contributed by atoms with Crippen LogP contribution in [-0.2, 0) is 6.42 Å². The average Bonchev–Trinajstić information content (AvgIpc) is 2.34. The van der Waals surface area contributed by atoms with Crippen LogP contribution in [0, 0.1) is 0 Å². The number of rotatable bonds is 8. The zero-order valence-electron chi connectivity index (χ0n) is 9.94. The first-order valence-corrected chi connectivity index (χ1v) is 6.17. The van der Waals surface area contributed by atoms with E-state index in [0.29, 0.717) is 0 Å². The third-order valence-corrected chi connectivity index (χ3v) is 2.56. The molecule has 1 heterocycles. The second-order valence-corrected chi connectivity index (χ2v) is 4.01. The largest absolute Gasteiger partial charge is 0.330 e. The molecule has 0 atom stereocenters. The van der Waals surface area contributed by atoms with Gasteiger partial charge in [-0.25, -0.2) is 0 Å². The number of hydrogen-bond acceptors (Lipinski definition) is 2. The molecule has 0 saturated heterocycles. The lowest BCUT2D eigenvalue weighted by Crippen LogP contribution is -1.94. The van der Waals surface area contributed by atoms with Crippen LogP contribution in [0.15, 0.2) is 36.7 Å². The van der Waals surface area contributed by atoms with Crippen molar-refractivity contribution in [3.8, 4) is 0 Å². The van der Waals surface area contributed by atoms with E-state index in [1.165, 1.54) is 31.2 Å². The lowest BCUT2D eigenvalue weighted by molar-refractivity contribution is 0.685. The third-order valence-electron chi connectivity index (χ3n) is 2.56. The van der Waals surface area contributed by atoms with Crippen molar-refractivity contribution < 1.29 is 0 Å². The molecule has 0 spiro atoms. The average molecular weight is 218 g/mol. The molecule has 0 amide bonds. The van der Waals surface area contributed by atoms with Crippen molar-refractivity contribution >= 4 is 0 Å². The van der Waals surface area contributed by atoms with Crippen molar-refractivity contribution in [1.29, 1.82) is 0 Å². The highest BCUT2D eigenvalue weighted by atomic mass is 14.6. The lowest BCUT2D eigenvalue weighted by atomic mass is 10.1. The van der Waals surface area contributed by atoms with Crippen LogP contribution in [0.3, 0.4) is 0 Å². The van der Waals surface area contributed by atoms with Gasteiger partial charge in [0, 0.05) is 12.4 Å². The fourth-order valence-corrected chi connectivity index (χ4v) is 1.65. The highest BCUT2D eigenvalue weighted by Crippen LogP contribution is 2.06. The van der Waals surface area contributed by atoms with E-state index in [9.17, 15) is 0 Å². The zero-order chi connectivity index (χ0) is 11.5. The fraction of sp³-hybridized carbons (Fsp3) is 0.500. The number of hydrogen-bond donors (Lipinski definition) is 1. The van der Waals surface area contributed by atoms with E-state index in [4.69, 9.17) is 5.73 Å². The van der Waals surface area contributed by atoms with Gasteiger partial charge in [-0.3, -0.25) is 4.98 Å². The summed E-state index contributed by atoms with van der Waals surface area (Å²) in [4.78, 5) is 4.11. The SMILES string of the molecule is NCCC=CCCCCCc1cccnc1. The number of allylic oxidation sites excluding steroid dienone is 1. The maximum atomic E-state index is 5.40. The Hall–Kier alpha value is -1.15. The first kappa shape index (κ1) is 12.9. The van der Waals surface area contributed by atoms with Crippen LogP contribution >= 0.6 is 0 Å². The smallest absolute Gasteiger partial charge is 0.0299 e. The molecule has 2 nitrogen and oxygen atoms in total. The van der Waals surface area contributed by atoms with Crippen LogP contribution in [0.5, 0.6) is 0 Å². The van der Waals surface area contributed by atoms with Gasteiger partial charge in [0.15, 0.2) is 0 Å². The minimum atomic E-state index is 0.761. The summed E-state index contributed by atoms with van der Waals surface area (Å²) in [6.45, 7) is 0.761. The van der Waals surface area contributed by atoms with Gasteiger partial charge in [-0.2, -0.15) is 0 Å². The van der Waals surface area contributed by atoms with Crippen molar-refractivity contribution in [3.05, 3.63) is 42.2 Å². The molecular formula is C14H22N2. The van der Waals surface area contributed by atoms with Crippen molar-refractivity contribution in [2.45, 2.75) is 38.5 Å². The number of unbranched alkanes of at least 4 members (excludes halogenated alkanes) is 3. The van der Waals surface area contributed by atoms with Gasteiger partial charge >= 0.3 is 0 Å². The third kappa shape index (κ3) is 6.36. The summed E-state index contributed by atoms with van der Waals surface area (Å²) in [5, 5.41) is 0. The van der Waals surface area contributed by atoms with Crippen molar-refractivity contribution in [3.63, 3.8) is 0 Å². The van der Waals surface area contributed by atoms with E-state index >= 15 is 0 Å². The molecule has 0 fully saturated rings.